The van der Waals surface area contributed by atoms with E-state index in [0.29, 0.717) is 0 Å². The van der Waals surface area contributed by atoms with Crippen molar-refractivity contribution in [2.45, 2.75) is 6.42 Å². The molecule has 0 heterocycles. The zero-order chi connectivity index (χ0) is 19.2. The van der Waals surface area contributed by atoms with Crippen LogP contribution in [0.3, 0.4) is 0 Å². The Hall–Kier alpha value is -1.48. The predicted octanol–water partition coefficient (Wildman–Crippen LogP) is 2.99. The minimum atomic E-state index is -1.76. The second kappa shape index (κ2) is 10.5. The maximum atomic E-state index is 3.75. The molecule has 0 aliphatic carbocycles. The van der Waals surface area contributed by atoms with Crippen LogP contribution in [0.5, 0.6) is 0 Å². The molecule has 0 atom stereocenters. The first-order valence-corrected chi connectivity index (χ1v) is 12.4. The van der Waals surface area contributed by atoms with Crippen LogP contribution in [0.25, 0.3) is 0 Å². The SMILES string of the molecule is Brc1ccccc1CC[P+](c1ccccc1)(c1ccccc1)c1ccccc1.[I-]. The first kappa shape index (κ1) is 22.2. The van der Waals surface area contributed by atoms with Crippen molar-refractivity contribution in [1.82, 2.24) is 0 Å². The lowest BCUT2D eigenvalue weighted by Crippen LogP contribution is -3.00. The van der Waals surface area contributed by atoms with Crippen LogP contribution < -0.4 is 39.9 Å². The molecule has 0 radical (unpaired) electrons. The van der Waals surface area contributed by atoms with Gasteiger partial charge in [-0.25, -0.2) is 0 Å². The van der Waals surface area contributed by atoms with Gasteiger partial charge in [-0.1, -0.05) is 88.7 Å². The van der Waals surface area contributed by atoms with Crippen LogP contribution in [0.4, 0.5) is 0 Å². The number of aryl methyl sites for hydroxylation is 1. The van der Waals surface area contributed by atoms with Crippen LogP contribution in [-0.4, -0.2) is 6.16 Å². The highest BCUT2D eigenvalue weighted by Gasteiger charge is 2.44. The van der Waals surface area contributed by atoms with E-state index in [1.807, 2.05) is 0 Å². The van der Waals surface area contributed by atoms with E-state index in [1.165, 1.54) is 25.9 Å². The number of hydrogen-bond donors (Lipinski definition) is 0. The highest BCUT2D eigenvalue weighted by Crippen LogP contribution is 2.55. The fraction of sp³-hybridized carbons (Fsp3) is 0.0769. The highest BCUT2D eigenvalue weighted by molar-refractivity contribution is 9.10. The number of benzene rings is 4. The fourth-order valence-corrected chi connectivity index (χ4v) is 8.64. The van der Waals surface area contributed by atoms with Gasteiger partial charge in [-0.2, -0.15) is 0 Å². The van der Waals surface area contributed by atoms with Crippen molar-refractivity contribution >= 4 is 39.1 Å². The molecular weight excluding hydrogens is 550 g/mol. The van der Waals surface area contributed by atoms with Gasteiger partial charge < -0.3 is 24.0 Å². The largest absolute Gasteiger partial charge is 1.00 e. The Labute approximate surface area is 199 Å². The molecule has 0 saturated heterocycles. The lowest BCUT2D eigenvalue weighted by Gasteiger charge is -2.28. The van der Waals surface area contributed by atoms with Crippen LogP contribution in [0, 0.1) is 0 Å². The summed E-state index contributed by atoms with van der Waals surface area (Å²) >= 11 is 3.75. The van der Waals surface area contributed by atoms with E-state index in [4.69, 9.17) is 0 Å². The van der Waals surface area contributed by atoms with E-state index in [2.05, 4.69) is 131 Å². The molecule has 4 aromatic rings. The topological polar surface area (TPSA) is 0 Å². The molecule has 3 heteroatoms. The fourth-order valence-electron chi connectivity index (χ4n) is 3.87. The highest BCUT2D eigenvalue weighted by atomic mass is 127. The number of hydrogen-bond acceptors (Lipinski definition) is 0. The standard InChI is InChI=1S/C26H23BrP.HI/c27-26-19-11-10-12-22(26)20-21-28(23-13-4-1-5-14-23,24-15-6-2-7-16-24)25-17-8-3-9-18-25;/h1-19H,20-21H2;1H/q+1;/p-1. The lowest BCUT2D eigenvalue weighted by molar-refractivity contribution is -0.00000528. The summed E-state index contributed by atoms with van der Waals surface area (Å²) in [7, 11) is -1.76. The predicted molar refractivity (Wildman–Crippen MR) is 128 cm³/mol. The van der Waals surface area contributed by atoms with E-state index >= 15 is 0 Å². The maximum Gasteiger partial charge on any atom is 0.112 e. The minimum Gasteiger partial charge on any atom is -1.00 e. The molecule has 0 unspecified atom stereocenters. The van der Waals surface area contributed by atoms with Gasteiger partial charge in [0.25, 0.3) is 0 Å². The van der Waals surface area contributed by atoms with Crippen molar-refractivity contribution in [2.75, 3.05) is 6.16 Å². The van der Waals surface area contributed by atoms with E-state index < -0.39 is 7.26 Å². The summed E-state index contributed by atoms with van der Waals surface area (Å²) in [6.07, 6.45) is 2.14. The molecule has 146 valence electrons. The molecule has 0 aliphatic rings. The van der Waals surface area contributed by atoms with E-state index in [1.54, 1.807) is 0 Å². The summed E-state index contributed by atoms with van der Waals surface area (Å²) in [4.78, 5) is 0. The van der Waals surface area contributed by atoms with Crippen molar-refractivity contribution in [3.63, 3.8) is 0 Å². The zero-order valence-electron chi connectivity index (χ0n) is 16.1. The van der Waals surface area contributed by atoms with Gasteiger partial charge in [-0.05, 0) is 48.0 Å². The quantitative estimate of drug-likeness (QED) is 0.246. The van der Waals surface area contributed by atoms with Crippen LogP contribution in [-0.2, 0) is 6.42 Å². The molecule has 0 saturated carbocycles. The average molecular weight is 573 g/mol. The monoisotopic (exact) mass is 572 g/mol. The van der Waals surface area contributed by atoms with Gasteiger partial charge >= 0.3 is 0 Å². The summed E-state index contributed by atoms with van der Waals surface area (Å²) in [5.41, 5.74) is 1.37. The van der Waals surface area contributed by atoms with Crippen LogP contribution in [0.1, 0.15) is 5.56 Å². The molecule has 0 amide bonds. The Morgan fingerprint density at radius 3 is 1.31 bits per heavy atom. The molecule has 4 aromatic carbocycles. The first-order chi connectivity index (χ1) is 13.8. The van der Waals surface area contributed by atoms with E-state index in [9.17, 15) is 0 Å². The van der Waals surface area contributed by atoms with Gasteiger partial charge in [0.2, 0.25) is 0 Å². The Bertz CT molecular complexity index is 923. The van der Waals surface area contributed by atoms with Gasteiger partial charge in [0.1, 0.15) is 23.2 Å². The molecular formula is C26H23BrIP. The van der Waals surface area contributed by atoms with Crippen molar-refractivity contribution in [2.24, 2.45) is 0 Å². The number of rotatable bonds is 6. The first-order valence-electron chi connectivity index (χ1n) is 9.59. The summed E-state index contributed by atoms with van der Waals surface area (Å²) in [6, 6.07) is 41.9. The summed E-state index contributed by atoms with van der Waals surface area (Å²) < 4.78 is 1.20. The molecule has 0 spiro atoms. The summed E-state index contributed by atoms with van der Waals surface area (Å²) in [5.74, 6) is 0. The van der Waals surface area contributed by atoms with Gasteiger partial charge in [0, 0.05) is 10.9 Å². The van der Waals surface area contributed by atoms with Crippen LogP contribution in [0.15, 0.2) is 120 Å². The third-order valence-electron chi connectivity index (χ3n) is 5.27. The van der Waals surface area contributed by atoms with Gasteiger partial charge in [-0.3, -0.25) is 0 Å². The second-order valence-electron chi connectivity index (χ2n) is 6.88. The molecule has 0 bridgehead atoms. The van der Waals surface area contributed by atoms with Crippen molar-refractivity contribution < 1.29 is 24.0 Å². The van der Waals surface area contributed by atoms with E-state index in [0.717, 1.165) is 12.6 Å². The van der Waals surface area contributed by atoms with Crippen molar-refractivity contribution in [3.05, 3.63) is 125 Å². The zero-order valence-corrected chi connectivity index (χ0v) is 20.7. The van der Waals surface area contributed by atoms with Gasteiger partial charge in [-0.15, -0.1) is 0 Å². The van der Waals surface area contributed by atoms with Crippen LogP contribution >= 0.6 is 23.2 Å². The molecule has 0 aliphatic heterocycles. The smallest absolute Gasteiger partial charge is 0.112 e. The molecule has 0 nitrogen and oxygen atoms in total. The minimum absolute atomic E-state index is 0. The van der Waals surface area contributed by atoms with Gasteiger partial charge in [0.15, 0.2) is 0 Å². The third-order valence-corrected chi connectivity index (χ3v) is 10.5. The van der Waals surface area contributed by atoms with Crippen molar-refractivity contribution in [1.29, 1.82) is 0 Å². The van der Waals surface area contributed by atoms with Crippen LogP contribution in [0.2, 0.25) is 0 Å². The third kappa shape index (κ3) is 4.82. The molecule has 0 N–H and O–H groups in total. The van der Waals surface area contributed by atoms with E-state index in [-0.39, 0.29) is 24.0 Å². The molecule has 29 heavy (non-hydrogen) atoms. The van der Waals surface area contributed by atoms with Crippen molar-refractivity contribution in [3.8, 4) is 0 Å². The summed E-state index contributed by atoms with van der Waals surface area (Å²) in [5, 5.41) is 4.33. The van der Waals surface area contributed by atoms with Gasteiger partial charge in [0.05, 0.1) is 6.16 Å². The maximum absolute atomic E-state index is 3.75. The Morgan fingerprint density at radius 1 is 0.517 bits per heavy atom. The normalized spacial score (nSPS) is 10.9. The molecule has 0 fully saturated rings. The Morgan fingerprint density at radius 2 is 0.897 bits per heavy atom. The lowest BCUT2D eigenvalue weighted by atomic mass is 10.2. The summed E-state index contributed by atoms with van der Waals surface area (Å²) in [6.45, 7) is 0. The second-order valence-corrected chi connectivity index (χ2v) is 11.4. The number of halogens is 2. The molecule has 4 rings (SSSR count). The Kier molecular flexibility index (Phi) is 8.06. The average Bonchev–Trinajstić information content (AvgIpc) is 2.78. The molecule has 0 aromatic heterocycles. The Balaban J connectivity index is 0.00000240.